The molecule has 7 nitrogen and oxygen atoms in total. The lowest BCUT2D eigenvalue weighted by Gasteiger charge is -2.40. The summed E-state index contributed by atoms with van der Waals surface area (Å²) in [4.78, 5) is 15.5. The third-order valence-corrected chi connectivity index (χ3v) is 10.1. The van der Waals surface area contributed by atoms with E-state index in [1.807, 2.05) is 23.1 Å². The molecule has 2 unspecified atom stereocenters. The molecule has 2 aromatic rings. The van der Waals surface area contributed by atoms with Gasteiger partial charge in [0.05, 0.1) is 22.9 Å². The molecule has 38 heavy (non-hydrogen) atoms. The van der Waals surface area contributed by atoms with Crippen molar-refractivity contribution in [2.24, 2.45) is 11.8 Å². The van der Waals surface area contributed by atoms with Crippen molar-refractivity contribution in [3.05, 3.63) is 64.4 Å². The smallest absolute Gasteiger partial charge is 0.321 e. The van der Waals surface area contributed by atoms with Crippen LogP contribution >= 0.6 is 11.6 Å². The van der Waals surface area contributed by atoms with Crippen molar-refractivity contribution in [3.63, 3.8) is 0 Å². The summed E-state index contributed by atoms with van der Waals surface area (Å²) in [6.45, 7) is 1.35. The van der Waals surface area contributed by atoms with Gasteiger partial charge in [-0.3, -0.25) is 0 Å². The topological polar surface area (TPSA) is 93.5 Å². The Hall–Kier alpha value is -2.67. The molecule has 2 aliphatic carbocycles. The van der Waals surface area contributed by atoms with Crippen molar-refractivity contribution in [2.75, 3.05) is 31.2 Å². The number of carbonyl (C=O) groups excluding carboxylic acids is 1. The zero-order chi connectivity index (χ0) is 27.1. The number of fused-ring (bicyclic) bond motifs is 1. The van der Waals surface area contributed by atoms with Gasteiger partial charge in [-0.2, -0.15) is 5.26 Å². The fourth-order valence-electron chi connectivity index (χ4n) is 6.47. The minimum absolute atomic E-state index is 0.000644. The van der Waals surface area contributed by atoms with Gasteiger partial charge in [-0.15, -0.1) is 0 Å². The number of nitrogens with zero attached hydrogens (tertiary/aromatic N) is 3. The number of sulfonamides is 1. The summed E-state index contributed by atoms with van der Waals surface area (Å²) in [6.07, 6.45) is 6.44. The van der Waals surface area contributed by atoms with Gasteiger partial charge in [0.15, 0.2) is 0 Å². The second kappa shape index (κ2) is 10.5. The number of nitriles is 1. The van der Waals surface area contributed by atoms with Crippen LogP contribution in [0.25, 0.3) is 0 Å². The van der Waals surface area contributed by atoms with Crippen molar-refractivity contribution < 1.29 is 17.6 Å². The van der Waals surface area contributed by atoms with Crippen LogP contribution in [0.5, 0.6) is 0 Å². The summed E-state index contributed by atoms with van der Waals surface area (Å²) in [7, 11) is -3.30. The van der Waals surface area contributed by atoms with Gasteiger partial charge in [-0.1, -0.05) is 23.7 Å². The number of hydrogen-bond donors (Lipinski definition) is 1. The van der Waals surface area contributed by atoms with Gasteiger partial charge in [-0.25, -0.2) is 21.9 Å². The first-order valence-corrected chi connectivity index (χ1v) is 15.3. The number of nitrogens with one attached hydrogen (secondary N) is 1. The maximum Gasteiger partial charge on any atom is 0.322 e. The number of rotatable bonds is 6. The molecular weight excluding hydrogens is 527 g/mol. The highest BCUT2D eigenvalue weighted by Crippen LogP contribution is 2.63. The highest BCUT2D eigenvalue weighted by atomic mass is 35.5. The number of anilines is 1. The predicted octanol–water partition coefficient (Wildman–Crippen LogP) is 5.37. The number of urea groups is 1. The molecule has 3 fully saturated rings. The zero-order valence-electron chi connectivity index (χ0n) is 21.4. The van der Waals surface area contributed by atoms with Gasteiger partial charge < -0.3 is 10.2 Å². The van der Waals surface area contributed by atoms with Gasteiger partial charge in [0, 0.05) is 31.4 Å². The van der Waals surface area contributed by atoms with Crippen LogP contribution in [0.3, 0.4) is 0 Å². The van der Waals surface area contributed by atoms with E-state index in [4.69, 9.17) is 11.6 Å². The first-order chi connectivity index (χ1) is 18.1. The summed E-state index contributed by atoms with van der Waals surface area (Å²) >= 11 is 5.94. The molecule has 2 aromatic carbocycles. The van der Waals surface area contributed by atoms with Crippen molar-refractivity contribution in [2.45, 2.75) is 50.0 Å². The van der Waals surface area contributed by atoms with Crippen molar-refractivity contribution >= 4 is 33.3 Å². The van der Waals surface area contributed by atoms with E-state index in [2.05, 4.69) is 17.5 Å². The van der Waals surface area contributed by atoms with Crippen LogP contribution in [0, 0.1) is 29.0 Å². The average molecular weight is 559 g/mol. The molecule has 202 valence electrons. The molecule has 2 amide bonds. The Kier molecular flexibility index (Phi) is 7.42. The normalized spacial score (nSPS) is 27.2. The Morgan fingerprint density at radius 3 is 2.82 bits per heavy atom. The zero-order valence-corrected chi connectivity index (χ0v) is 22.9. The Balaban J connectivity index is 1.34. The Labute approximate surface area is 228 Å². The molecule has 1 aliphatic heterocycles. The maximum absolute atomic E-state index is 13.7. The van der Waals surface area contributed by atoms with Crippen LogP contribution in [0.1, 0.15) is 49.7 Å². The lowest BCUT2D eigenvalue weighted by molar-refractivity contribution is 0.130. The molecule has 5 rings (SSSR count). The van der Waals surface area contributed by atoms with E-state index in [1.165, 1.54) is 34.3 Å². The van der Waals surface area contributed by atoms with Crippen LogP contribution < -0.4 is 5.32 Å². The molecular formula is C28H32ClFN4O3S. The van der Waals surface area contributed by atoms with E-state index in [0.717, 1.165) is 38.5 Å². The van der Waals surface area contributed by atoms with Crippen molar-refractivity contribution in [1.29, 1.82) is 5.26 Å². The van der Waals surface area contributed by atoms with Gasteiger partial charge in [-0.05, 0) is 91.7 Å². The molecule has 0 bridgehead atoms. The van der Waals surface area contributed by atoms with Gasteiger partial charge in [0.1, 0.15) is 5.82 Å². The second-order valence-electron chi connectivity index (χ2n) is 11.0. The quantitative estimate of drug-likeness (QED) is 0.516. The highest BCUT2D eigenvalue weighted by Gasteiger charge is 2.58. The molecule has 0 spiro atoms. The minimum Gasteiger partial charge on any atom is -0.321 e. The van der Waals surface area contributed by atoms with Gasteiger partial charge >= 0.3 is 6.03 Å². The van der Waals surface area contributed by atoms with E-state index in [0.29, 0.717) is 36.8 Å². The third-order valence-electron chi connectivity index (χ3n) is 8.56. The summed E-state index contributed by atoms with van der Waals surface area (Å²) in [5.74, 6) is -0.105. The number of benzene rings is 2. The van der Waals surface area contributed by atoms with E-state index >= 15 is 0 Å². The SMILES string of the molecule is CS(=O)(=O)N1CCCC(CN(C(=O)Nc2ccc(F)c(Cl)c2)[C@@H]2CC[C@]3(c4cccc(C#N)c4)CC3C2)C1. The average Bonchev–Trinajstić information content (AvgIpc) is 3.64. The molecule has 4 atom stereocenters. The Bertz CT molecular complexity index is 1380. The second-order valence-corrected chi connectivity index (χ2v) is 13.4. The van der Waals surface area contributed by atoms with Crippen LogP contribution in [-0.2, 0) is 15.4 Å². The summed E-state index contributed by atoms with van der Waals surface area (Å²) < 4.78 is 39.6. The van der Waals surface area contributed by atoms with Crippen LogP contribution in [0.15, 0.2) is 42.5 Å². The highest BCUT2D eigenvalue weighted by molar-refractivity contribution is 7.88. The fourth-order valence-corrected chi connectivity index (χ4v) is 7.59. The molecule has 3 aliphatic rings. The molecule has 1 saturated heterocycles. The first-order valence-electron chi connectivity index (χ1n) is 13.1. The summed E-state index contributed by atoms with van der Waals surface area (Å²) in [6, 6.07) is 13.9. The largest absolute Gasteiger partial charge is 0.322 e. The van der Waals surface area contributed by atoms with E-state index < -0.39 is 15.8 Å². The van der Waals surface area contributed by atoms with E-state index in [1.54, 1.807) is 0 Å². The lowest BCUT2D eigenvalue weighted by Crippen LogP contribution is -2.50. The number of carbonyl (C=O) groups is 1. The van der Waals surface area contributed by atoms with Crippen LogP contribution in [0.2, 0.25) is 5.02 Å². The third kappa shape index (κ3) is 5.54. The number of hydrogen-bond acceptors (Lipinski definition) is 4. The van der Waals surface area contributed by atoms with E-state index in [-0.39, 0.29) is 28.4 Å². The fraction of sp³-hybridized carbons (Fsp3) is 0.500. The first kappa shape index (κ1) is 26.9. The van der Waals surface area contributed by atoms with Crippen molar-refractivity contribution in [3.8, 4) is 6.07 Å². The molecule has 1 heterocycles. The standard InChI is InChI=1S/C28H32ClFN4O3S/c1-38(36,37)33-11-3-5-20(17-33)18-34(27(35)32-23-7-8-26(30)25(29)14-23)24-9-10-28(15-22(28)13-24)21-6-2-4-19(12-21)16-31/h2,4,6-8,12,14,20,22,24H,3,5,9-11,13,15,17-18H2,1H3,(H,32,35)/t20?,22?,24-,28-/m1/s1. The van der Waals surface area contributed by atoms with Crippen molar-refractivity contribution in [1.82, 2.24) is 9.21 Å². The number of piperidine rings is 1. The molecule has 0 radical (unpaired) electrons. The molecule has 0 aromatic heterocycles. The van der Waals surface area contributed by atoms with Crippen LogP contribution in [0.4, 0.5) is 14.9 Å². The van der Waals surface area contributed by atoms with E-state index in [9.17, 15) is 22.9 Å². The Morgan fingerprint density at radius 2 is 2.11 bits per heavy atom. The minimum atomic E-state index is -3.30. The number of amides is 2. The molecule has 2 saturated carbocycles. The van der Waals surface area contributed by atoms with Crippen LogP contribution in [-0.4, -0.2) is 55.6 Å². The number of halogens is 2. The lowest BCUT2D eigenvalue weighted by atomic mass is 9.79. The molecule has 10 heteroatoms. The predicted molar refractivity (Wildman–Crippen MR) is 145 cm³/mol. The summed E-state index contributed by atoms with van der Waals surface area (Å²) in [5.41, 5.74) is 2.34. The molecule has 1 N–H and O–H groups in total. The monoisotopic (exact) mass is 558 g/mol. The summed E-state index contributed by atoms with van der Waals surface area (Å²) in [5, 5.41) is 12.2. The Morgan fingerprint density at radius 1 is 1.29 bits per heavy atom. The van der Waals surface area contributed by atoms with Gasteiger partial charge in [0.2, 0.25) is 10.0 Å². The van der Waals surface area contributed by atoms with Gasteiger partial charge in [0.25, 0.3) is 0 Å². The maximum atomic E-state index is 13.7.